The van der Waals surface area contributed by atoms with Gasteiger partial charge in [0.25, 0.3) is 5.91 Å². The monoisotopic (exact) mass is 389 g/mol. The van der Waals surface area contributed by atoms with Gasteiger partial charge in [0, 0.05) is 43.6 Å². The number of ether oxygens (including phenoxy) is 1. The van der Waals surface area contributed by atoms with Crippen molar-refractivity contribution >= 4 is 15.9 Å². The number of hydrogen-bond acceptors (Lipinski definition) is 4. The third-order valence-electron chi connectivity index (χ3n) is 5.29. The maximum absolute atomic E-state index is 13.1. The second-order valence-corrected chi connectivity index (χ2v) is 8.78. The van der Waals surface area contributed by atoms with Crippen LogP contribution in [0.25, 0.3) is 0 Å². The molecule has 2 aliphatic heterocycles. The van der Waals surface area contributed by atoms with E-state index in [1.165, 1.54) is 10.4 Å². The van der Waals surface area contributed by atoms with Crippen LogP contribution in [-0.4, -0.2) is 60.9 Å². The van der Waals surface area contributed by atoms with Gasteiger partial charge in [-0.25, -0.2) is 8.42 Å². The van der Waals surface area contributed by atoms with Crippen molar-refractivity contribution in [3.8, 4) is 0 Å². The highest BCUT2D eigenvalue weighted by atomic mass is 32.2. The highest BCUT2D eigenvalue weighted by molar-refractivity contribution is 7.89. The van der Waals surface area contributed by atoms with Crippen LogP contribution in [0.5, 0.6) is 0 Å². The first kappa shape index (κ1) is 18.2. The summed E-state index contributed by atoms with van der Waals surface area (Å²) in [6.45, 7) is 4.79. The second-order valence-electron chi connectivity index (χ2n) is 6.85. The standard InChI is InChI=1S/C19H23N3O4S/c1-15-18-6-3-7-20(18)8-9-22(15)19(23)16-4-2-5-17(14-16)27(24,25)21-10-12-26-13-11-21/h2-7,14-15H,8-13H2,1H3. The van der Waals surface area contributed by atoms with Crippen molar-refractivity contribution in [1.29, 1.82) is 0 Å². The first-order valence-electron chi connectivity index (χ1n) is 9.12. The Morgan fingerprint density at radius 2 is 1.85 bits per heavy atom. The molecular formula is C19H23N3O4S. The topological polar surface area (TPSA) is 71.9 Å². The highest BCUT2D eigenvalue weighted by Crippen LogP contribution is 2.27. The van der Waals surface area contributed by atoms with Gasteiger partial charge in [-0.1, -0.05) is 6.07 Å². The predicted molar refractivity (Wildman–Crippen MR) is 99.9 cm³/mol. The number of nitrogens with zero attached hydrogens (tertiary/aromatic N) is 3. The molecule has 2 aromatic rings. The molecule has 7 nitrogen and oxygen atoms in total. The Morgan fingerprint density at radius 3 is 2.63 bits per heavy atom. The SMILES string of the molecule is CC1c2cccn2CCN1C(=O)c1cccc(S(=O)(=O)N2CCOCC2)c1. The minimum absolute atomic E-state index is 0.0549. The van der Waals surface area contributed by atoms with E-state index in [-0.39, 0.29) is 16.8 Å². The van der Waals surface area contributed by atoms with Gasteiger partial charge >= 0.3 is 0 Å². The number of sulfonamides is 1. The van der Waals surface area contributed by atoms with Crippen molar-refractivity contribution in [3.05, 3.63) is 53.9 Å². The predicted octanol–water partition coefficient (Wildman–Crippen LogP) is 1.73. The summed E-state index contributed by atoms with van der Waals surface area (Å²) in [5.74, 6) is -0.144. The summed E-state index contributed by atoms with van der Waals surface area (Å²) >= 11 is 0. The molecule has 0 N–H and O–H groups in total. The van der Waals surface area contributed by atoms with Crippen LogP contribution in [0.4, 0.5) is 0 Å². The minimum atomic E-state index is -3.62. The molecule has 0 spiro atoms. The van der Waals surface area contributed by atoms with Gasteiger partial charge in [0.2, 0.25) is 10.0 Å². The lowest BCUT2D eigenvalue weighted by atomic mass is 10.1. The van der Waals surface area contributed by atoms with E-state index in [9.17, 15) is 13.2 Å². The molecular weight excluding hydrogens is 366 g/mol. The Hall–Kier alpha value is -2.16. The van der Waals surface area contributed by atoms with Gasteiger partial charge in [-0.2, -0.15) is 4.31 Å². The van der Waals surface area contributed by atoms with Crippen LogP contribution >= 0.6 is 0 Å². The quantitative estimate of drug-likeness (QED) is 0.802. The zero-order valence-electron chi connectivity index (χ0n) is 15.2. The molecule has 0 bridgehead atoms. The molecule has 1 aromatic carbocycles. The number of amides is 1. The van der Waals surface area contributed by atoms with Gasteiger partial charge < -0.3 is 14.2 Å². The van der Waals surface area contributed by atoms with Gasteiger partial charge in [0.05, 0.1) is 24.2 Å². The zero-order chi connectivity index (χ0) is 19.0. The Labute approximate surface area is 159 Å². The van der Waals surface area contributed by atoms with E-state index in [0.717, 1.165) is 12.2 Å². The minimum Gasteiger partial charge on any atom is -0.379 e. The van der Waals surface area contributed by atoms with Crippen molar-refractivity contribution < 1.29 is 17.9 Å². The van der Waals surface area contributed by atoms with Gasteiger partial charge in [-0.3, -0.25) is 4.79 Å². The summed E-state index contributed by atoms with van der Waals surface area (Å²) in [5.41, 5.74) is 1.49. The van der Waals surface area contributed by atoms with Gasteiger partial charge in [0.15, 0.2) is 0 Å². The Kier molecular flexibility index (Phi) is 4.79. The zero-order valence-corrected chi connectivity index (χ0v) is 16.1. The van der Waals surface area contributed by atoms with Gasteiger partial charge in [-0.05, 0) is 37.3 Å². The average molecular weight is 389 g/mol. The van der Waals surface area contributed by atoms with Crippen LogP contribution in [0.1, 0.15) is 29.0 Å². The molecule has 8 heteroatoms. The van der Waals surface area contributed by atoms with Crippen LogP contribution < -0.4 is 0 Å². The summed E-state index contributed by atoms with van der Waals surface area (Å²) in [7, 11) is -3.62. The third-order valence-corrected chi connectivity index (χ3v) is 7.19. The molecule has 1 amide bonds. The fraction of sp³-hybridized carbons (Fsp3) is 0.421. The lowest BCUT2D eigenvalue weighted by molar-refractivity contribution is 0.0643. The van der Waals surface area contributed by atoms with E-state index in [2.05, 4.69) is 4.57 Å². The summed E-state index contributed by atoms with van der Waals surface area (Å²) in [6.07, 6.45) is 2.02. The summed E-state index contributed by atoms with van der Waals surface area (Å²) in [6, 6.07) is 10.3. The molecule has 0 radical (unpaired) electrons. The lowest BCUT2D eigenvalue weighted by Crippen LogP contribution is -2.41. The van der Waals surface area contributed by atoms with E-state index in [0.29, 0.717) is 38.4 Å². The molecule has 27 heavy (non-hydrogen) atoms. The van der Waals surface area contributed by atoms with Crippen molar-refractivity contribution in [2.75, 3.05) is 32.8 Å². The maximum Gasteiger partial charge on any atom is 0.254 e. The van der Waals surface area contributed by atoms with E-state index >= 15 is 0 Å². The molecule has 1 atom stereocenters. The number of fused-ring (bicyclic) bond motifs is 1. The number of hydrogen-bond donors (Lipinski definition) is 0. The van der Waals surface area contributed by atoms with E-state index in [4.69, 9.17) is 4.74 Å². The summed E-state index contributed by atoms with van der Waals surface area (Å²) in [4.78, 5) is 15.0. The van der Waals surface area contributed by atoms with Crippen molar-refractivity contribution in [1.82, 2.24) is 13.8 Å². The average Bonchev–Trinajstić information content (AvgIpc) is 3.18. The second kappa shape index (κ2) is 7.10. The molecule has 0 aliphatic carbocycles. The van der Waals surface area contributed by atoms with Gasteiger partial charge in [-0.15, -0.1) is 0 Å². The molecule has 2 aliphatic rings. The number of carbonyl (C=O) groups excluding carboxylic acids is 1. The number of morpholine rings is 1. The van der Waals surface area contributed by atoms with Crippen LogP contribution in [0.15, 0.2) is 47.5 Å². The number of aromatic nitrogens is 1. The summed E-state index contributed by atoms with van der Waals surface area (Å²) < 4.78 is 34.5. The van der Waals surface area contributed by atoms with E-state index in [1.54, 1.807) is 23.1 Å². The number of benzene rings is 1. The normalized spacial score (nSPS) is 21.1. The first-order valence-corrected chi connectivity index (χ1v) is 10.6. The lowest BCUT2D eigenvalue weighted by Gasteiger charge is -2.35. The van der Waals surface area contributed by atoms with Crippen LogP contribution in [0, 0.1) is 0 Å². The van der Waals surface area contributed by atoms with Crippen molar-refractivity contribution in [3.63, 3.8) is 0 Å². The maximum atomic E-state index is 13.1. The fourth-order valence-corrected chi connectivity index (χ4v) is 5.20. The fourth-order valence-electron chi connectivity index (χ4n) is 3.75. The summed E-state index contributed by atoms with van der Waals surface area (Å²) in [5, 5.41) is 0. The Bertz CT molecular complexity index is 947. The third kappa shape index (κ3) is 3.28. The molecule has 3 heterocycles. The Balaban J connectivity index is 1.60. The van der Waals surface area contributed by atoms with Crippen molar-refractivity contribution in [2.24, 2.45) is 0 Å². The van der Waals surface area contributed by atoms with Crippen molar-refractivity contribution in [2.45, 2.75) is 24.4 Å². The van der Waals surface area contributed by atoms with E-state index in [1.807, 2.05) is 25.3 Å². The first-order chi connectivity index (χ1) is 13.0. The Morgan fingerprint density at radius 1 is 1.07 bits per heavy atom. The van der Waals surface area contributed by atoms with E-state index < -0.39 is 10.0 Å². The number of carbonyl (C=O) groups is 1. The molecule has 1 aromatic heterocycles. The highest BCUT2D eigenvalue weighted by Gasteiger charge is 2.30. The smallest absolute Gasteiger partial charge is 0.254 e. The molecule has 1 saturated heterocycles. The van der Waals surface area contributed by atoms with Crippen LogP contribution in [0.3, 0.4) is 0 Å². The molecule has 1 fully saturated rings. The largest absolute Gasteiger partial charge is 0.379 e. The van der Waals surface area contributed by atoms with Crippen LogP contribution in [-0.2, 0) is 21.3 Å². The number of rotatable bonds is 3. The van der Waals surface area contributed by atoms with Crippen LogP contribution in [0.2, 0.25) is 0 Å². The molecule has 1 unspecified atom stereocenters. The molecule has 0 saturated carbocycles. The molecule has 144 valence electrons. The molecule has 4 rings (SSSR count). The van der Waals surface area contributed by atoms with Gasteiger partial charge in [0.1, 0.15) is 0 Å².